The van der Waals surface area contributed by atoms with Gasteiger partial charge in [-0.3, -0.25) is 0 Å². The first-order chi connectivity index (χ1) is 17.2. The largest absolute Gasteiger partial charge is 0.378 e. The van der Waals surface area contributed by atoms with Crippen LogP contribution in [0.5, 0.6) is 0 Å². The average molecular weight is 560 g/mol. The second kappa shape index (κ2) is 13.6. The highest BCUT2D eigenvalue weighted by molar-refractivity contribution is 7.89. The van der Waals surface area contributed by atoms with E-state index < -0.39 is 10.0 Å². The van der Waals surface area contributed by atoms with E-state index in [0.29, 0.717) is 43.0 Å². The van der Waals surface area contributed by atoms with Crippen LogP contribution in [-0.4, -0.2) is 79.5 Å². The summed E-state index contributed by atoms with van der Waals surface area (Å²) in [6, 6.07) is 10.3. The van der Waals surface area contributed by atoms with Gasteiger partial charge in [-0.1, -0.05) is 35.3 Å². The number of sulfonamides is 1. The molecular weight excluding hydrogens is 527 g/mol. The number of fused-ring (bicyclic) bond motifs is 1. The fourth-order valence-electron chi connectivity index (χ4n) is 4.01. The SMILES string of the molecule is CNC(=O)NCCOCCOCCNS(=O)(=O)c1cccc(C2CN(C)Cc3c(Cl)cc(Cl)cc32)c1. The molecule has 36 heavy (non-hydrogen) atoms. The molecule has 0 saturated carbocycles. The third-order valence-corrected chi connectivity index (χ3v) is 7.75. The van der Waals surface area contributed by atoms with Crippen LogP contribution >= 0.6 is 23.2 Å². The van der Waals surface area contributed by atoms with Crippen molar-refractivity contribution >= 4 is 39.3 Å². The Morgan fingerprint density at radius 3 is 2.53 bits per heavy atom. The third kappa shape index (κ3) is 8.04. The standard InChI is InChI=1S/C24H32Cl2N4O5S/c1-27-24(31)28-6-8-34-10-11-35-9-7-29-36(32,33)19-5-3-4-17(12-19)21-15-30(2)16-22-20(21)13-18(25)14-23(22)26/h3-5,12-14,21,29H,6-11,15-16H2,1-2H3,(H2,27,28,31). The summed E-state index contributed by atoms with van der Waals surface area (Å²) in [5, 5.41) is 6.23. The van der Waals surface area contributed by atoms with Crippen molar-refractivity contribution in [1.82, 2.24) is 20.3 Å². The lowest BCUT2D eigenvalue weighted by molar-refractivity contribution is 0.0516. The Bertz CT molecular complexity index is 1150. The van der Waals surface area contributed by atoms with Crippen LogP contribution in [0.25, 0.3) is 0 Å². The fourth-order valence-corrected chi connectivity index (χ4v) is 5.64. The van der Waals surface area contributed by atoms with Crippen LogP contribution in [0.3, 0.4) is 0 Å². The number of likely N-dealkylation sites (N-methyl/N-ethyl adjacent to an activating group) is 1. The van der Waals surface area contributed by atoms with E-state index in [0.717, 1.165) is 23.2 Å². The van der Waals surface area contributed by atoms with Gasteiger partial charge in [0.2, 0.25) is 10.0 Å². The molecular formula is C24H32Cl2N4O5S. The monoisotopic (exact) mass is 558 g/mol. The third-order valence-electron chi connectivity index (χ3n) is 5.73. The normalized spacial score (nSPS) is 15.9. The number of nitrogens with zero attached hydrogens (tertiary/aromatic N) is 1. The van der Waals surface area contributed by atoms with Gasteiger partial charge in [-0.15, -0.1) is 0 Å². The van der Waals surface area contributed by atoms with Crippen LogP contribution in [0.1, 0.15) is 22.6 Å². The number of hydrogen-bond acceptors (Lipinski definition) is 6. The minimum absolute atomic E-state index is 0.0556. The smallest absolute Gasteiger partial charge is 0.314 e. The highest BCUT2D eigenvalue weighted by Crippen LogP contribution is 2.38. The molecule has 0 fully saturated rings. The molecule has 1 aliphatic heterocycles. The molecule has 3 N–H and O–H groups in total. The van der Waals surface area contributed by atoms with Gasteiger partial charge < -0.3 is 25.0 Å². The number of nitrogens with one attached hydrogen (secondary N) is 3. The Morgan fingerprint density at radius 1 is 1.08 bits per heavy atom. The summed E-state index contributed by atoms with van der Waals surface area (Å²) in [7, 11) is -0.169. The van der Waals surface area contributed by atoms with Crippen molar-refractivity contribution in [1.29, 1.82) is 0 Å². The van der Waals surface area contributed by atoms with Crippen molar-refractivity contribution in [2.45, 2.75) is 17.4 Å². The number of ether oxygens (including phenoxy) is 2. The Morgan fingerprint density at radius 2 is 1.81 bits per heavy atom. The number of hydrogen-bond donors (Lipinski definition) is 3. The summed E-state index contributed by atoms with van der Waals surface area (Å²) in [6.07, 6.45) is 0. The lowest BCUT2D eigenvalue weighted by Gasteiger charge is -2.33. The summed E-state index contributed by atoms with van der Waals surface area (Å²) in [4.78, 5) is 13.4. The van der Waals surface area contributed by atoms with Gasteiger partial charge in [0.15, 0.2) is 0 Å². The minimum atomic E-state index is -3.72. The van der Waals surface area contributed by atoms with Gasteiger partial charge in [0.05, 0.1) is 31.3 Å². The zero-order valence-corrected chi connectivity index (χ0v) is 22.7. The first kappa shape index (κ1) is 28.6. The molecule has 0 bridgehead atoms. The average Bonchev–Trinajstić information content (AvgIpc) is 2.85. The Labute approximate surface area is 222 Å². The van der Waals surface area contributed by atoms with E-state index in [-0.39, 0.29) is 30.0 Å². The van der Waals surface area contributed by atoms with E-state index in [1.807, 2.05) is 19.2 Å². The maximum absolute atomic E-state index is 12.9. The zero-order valence-electron chi connectivity index (χ0n) is 20.4. The second-order valence-corrected chi connectivity index (χ2v) is 11.0. The zero-order chi connectivity index (χ0) is 26.1. The predicted octanol–water partition coefficient (Wildman–Crippen LogP) is 2.81. The van der Waals surface area contributed by atoms with Crippen molar-refractivity contribution in [3.05, 3.63) is 63.1 Å². The van der Waals surface area contributed by atoms with E-state index in [4.69, 9.17) is 32.7 Å². The molecule has 0 saturated heterocycles. The topological polar surface area (TPSA) is 109 Å². The van der Waals surface area contributed by atoms with E-state index in [9.17, 15) is 13.2 Å². The summed E-state index contributed by atoms with van der Waals surface area (Å²) in [5.41, 5.74) is 2.91. The van der Waals surface area contributed by atoms with Crippen LogP contribution in [0.4, 0.5) is 4.79 Å². The maximum Gasteiger partial charge on any atom is 0.314 e. The van der Waals surface area contributed by atoms with Gasteiger partial charge in [-0.05, 0) is 48.0 Å². The van der Waals surface area contributed by atoms with Gasteiger partial charge in [0.25, 0.3) is 0 Å². The molecule has 1 atom stereocenters. The Balaban J connectivity index is 1.52. The lowest BCUT2D eigenvalue weighted by atomic mass is 9.85. The number of carbonyl (C=O) groups excluding carboxylic acids is 1. The molecule has 3 rings (SSSR count). The van der Waals surface area contributed by atoms with E-state index in [1.165, 1.54) is 7.05 Å². The molecule has 0 spiro atoms. The van der Waals surface area contributed by atoms with Gasteiger partial charge in [0, 0.05) is 49.2 Å². The molecule has 0 aliphatic carbocycles. The second-order valence-electron chi connectivity index (χ2n) is 8.41. The van der Waals surface area contributed by atoms with Crippen molar-refractivity contribution in [3.8, 4) is 0 Å². The highest BCUT2D eigenvalue weighted by atomic mass is 35.5. The van der Waals surface area contributed by atoms with E-state index >= 15 is 0 Å². The summed E-state index contributed by atoms with van der Waals surface area (Å²) in [5.74, 6) is -0.0556. The molecule has 1 unspecified atom stereocenters. The fraction of sp³-hybridized carbons (Fsp3) is 0.458. The predicted molar refractivity (Wildman–Crippen MR) is 140 cm³/mol. The maximum atomic E-state index is 12.9. The Kier molecular flexibility index (Phi) is 10.8. The highest BCUT2D eigenvalue weighted by Gasteiger charge is 2.28. The molecule has 0 aromatic heterocycles. The van der Waals surface area contributed by atoms with Crippen LogP contribution in [0.15, 0.2) is 41.3 Å². The quantitative estimate of drug-likeness (QED) is 0.345. The summed E-state index contributed by atoms with van der Waals surface area (Å²) in [6.45, 7) is 3.17. The minimum Gasteiger partial charge on any atom is -0.378 e. The van der Waals surface area contributed by atoms with Gasteiger partial charge in [-0.2, -0.15) is 0 Å². The first-order valence-corrected chi connectivity index (χ1v) is 13.8. The number of amides is 2. The lowest BCUT2D eigenvalue weighted by Crippen LogP contribution is -2.35. The molecule has 2 aromatic carbocycles. The van der Waals surface area contributed by atoms with Crippen molar-refractivity contribution in [2.24, 2.45) is 0 Å². The molecule has 1 aliphatic rings. The Hall–Kier alpha value is -1.92. The van der Waals surface area contributed by atoms with Crippen LogP contribution < -0.4 is 15.4 Å². The van der Waals surface area contributed by atoms with Gasteiger partial charge in [0.1, 0.15) is 0 Å². The number of urea groups is 1. The number of halogens is 2. The van der Waals surface area contributed by atoms with E-state index in [2.05, 4.69) is 20.3 Å². The summed E-state index contributed by atoms with van der Waals surface area (Å²) >= 11 is 12.7. The van der Waals surface area contributed by atoms with Crippen LogP contribution in [0.2, 0.25) is 10.0 Å². The van der Waals surface area contributed by atoms with Crippen LogP contribution in [-0.2, 0) is 26.0 Å². The summed E-state index contributed by atoms with van der Waals surface area (Å²) < 4.78 is 39.1. The molecule has 2 aromatic rings. The van der Waals surface area contributed by atoms with Gasteiger partial charge in [-0.25, -0.2) is 17.9 Å². The molecule has 12 heteroatoms. The van der Waals surface area contributed by atoms with E-state index in [1.54, 1.807) is 24.3 Å². The number of rotatable bonds is 12. The van der Waals surface area contributed by atoms with Crippen LogP contribution in [0, 0.1) is 0 Å². The molecule has 9 nitrogen and oxygen atoms in total. The van der Waals surface area contributed by atoms with Crippen molar-refractivity contribution < 1.29 is 22.7 Å². The number of carbonyl (C=O) groups is 1. The van der Waals surface area contributed by atoms with Crippen molar-refractivity contribution in [3.63, 3.8) is 0 Å². The van der Waals surface area contributed by atoms with Crippen molar-refractivity contribution in [2.75, 3.05) is 60.2 Å². The van der Waals surface area contributed by atoms with Gasteiger partial charge >= 0.3 is 6.03 Å². The molecule has 1 heterocycles. The molecule has 0 radical (unpaired) electrons. The number of benzene rings is 2. The molecule has 198 valence electrons. The molecule has 2 amide bonds. The first-order valence-electron chi connectivity index (χ1n) is 11.6.